The first kappa shape index (κ1) is 10.3. The van der Waals surface area contributed by atoms with E-state index in [1.165, 1.54) is 0 Å². The first-order chi connectivity index (χ1) is 8.33. The van der Waals surface area contributed by atoms with E-state index in [0.717, 1.165) is 11.4 Å². The summed E-state index contributed by atoms with van der Waals surface area (Å²) < 4.78 is 10.5. The van der Waals surface area contributed by atoms with Crippen molar-refractivity contribution in [1.82, 2.24) is 9.97 Å². The molecule has 0 spiro atoms. The van der Waals surface area contributed by atoms with Crippen molar-refractivity contribution in [3.05, 3.63) is 35.4 Å². The fraction of sp³-hybridized carbons (Fsp3) is 0.182. The Balaban J connectivity index is 1.79. The van der Waals surface area contributed by atoms with E-state index in [1.54, 1.807) is 18.6 Å². The third-order valence-corrected chi connectivity index (χ3v) is 2.80. The maximum absolute atomic E-state index is 6.12. The number of H-pyrrole nitrogens is 1. The molecule has 2 heterocycles. The molecule has 2 aromatic rings. The molecule has 0 bridgehead atoms. The smallest absolute Gasteiger partial charge is 0.231 e. The number of anilines is 1. The largest absolute Gasteiger partial charge is 0.454 e. The topological polar surface area (TPSA) is 59.2 Å². The molecule has 1 aromatic heterocycles. The second-order valence-electron chi connectivity index (χ2n) is 3.62. The van der Waals surface area contributed by atoms with Gasteiger partial charge in [-0.25, -0.2) is 4.98 Å². The summed E-state index contributed by atoms with van der Waals surface area (Å²) in [6.07, 6.45) is 3.39. The van der Waals surface area contributed by atoms with Gasteiger partial charge in [0.2, 0.25) is 6.79 Å². The van der Waals surface area contributed by atoms with Gasteiger partial charge in [-0.15, -0.1) is 0 Å². The molecule has 1 aromatic carbocycles. The molecule has 5 nitrogen and oxygen atoms in total. The molecule has 17 heavy (non-hydrogen) atoms. The van der Waals surface area contributed by atoms with Gasteiger partial charge in [-0.3, -0.25) is 0 Å². The number of nitrogens with one attached hydrogen (secondary N) is 2. The minimum Gasteiger partial charge on any atom is -0.454 e. The molecule has 0 aliphatic carbocycles. The van der Waals surface area contributed by atoms with E-state index in [9.17, 15) is 0 Å². The SMILES string of the molecule is Clc1cc2c(cc1NCc1cnc[nH]1)OCO2. The number of ether oxygens (including phenoxy) is 2. The van der Waals surface area contributed by atoms with Crippen molar-refractivity contribution in [2.75, 3.05) is 12.1 Å². The number of aromatic nitrogens is 2. The molecule has 0 saturated heterocycles. The standard InChI is InChI=1S/C11H10ClN3O2/c12-8-1-10-11(17-6-16-10)2-9(8)14-4-7-3-13-5-15-7/h1-3,5,14H,4,6H2,(H,13,15). The highest BCUT2D eigenvalue weighted by Crippen LogP contribution is 2.39. The van der Waals surface area contributed by atoms with Crippen molar-refractivity contribution < 1.29 is 9.47 Å². The van der Waals surface area contributed by atoms with Crippen molar-refractivity contribution in [2.24, 2.45) is 0 Å². The van der Waals surface area contributed by atoms with Gasteiger partial charge >= 0.3 is 0 Å². The average molecular weight is 252 g/mol. The van der Waals surface area contributed by atoms with Gasteiger partial charge in [0.05, 0.1) is 29.3 Å². The minimum absolute atomic E-state index is 0.246. The number of hydrogen-bond acceptors (Lipinski definition) is 4. The highest BCUT2D eigenvalue weighted by Gasteiger charge is 2.16. The zero-order valence-electron chi connectivity index (χ0n) is 8.87. The monoisotopic (exact) mass is 251 g/mol. The van der Waals surface area contributed by atoms with Crippen molar-refractivity contribution in [1.29, 1.82) is 0 Å². The Morgan fingerprint density at radius 1 is 1.35 bits per heavy atom. The Labute approximate surface area is 103 Å². The van der Waals surface area contributed by atoms with Gasteiger partial charge in [-0.2, -0.15) is 0 Å². The number of rotatable bonds is 3. The molecule has 0 fully saturated rings. The Kier molecular flexibility index (Phi) is 2.53. The lowest BCUT2D eigenvalue weighted by Gasteiger charge is -2.08. The average Bonchev–Trinajstić information content (AvgIpc) is 2.95. The fourth-order valence-corrected chi connectivity index (χ4v) is 1.84. The van der Waals surface area contributed by atoms with Crippen LogP contribution in [-0.2, 0) is 6.54 Å². The molecule has 0 atom stereocenters. The van der Waals surface area contributed by atoms with Gasteiger partial charge in [0.1, 0.15) is 0 Å². The van der Waals surface area contributed by atoms with Gasteiger partial charge < -0.3 is 19.8 Å². The Morgan fingerprint density at radius 2 is 2.18 bits per heavy atom. The van der Waals surface area contributed by atoms with Crippen LogP contribution in [0.1, 0.15) is 5.69 Å². The molecule has 0 unspecified atom stereocenters. The van der Waals surface area contributed by atoms with Crippen LogP contribution in [0.2, 0.25) is 5.02 Å². The van der Waals surface area contributed by atoms with Gasteiger partial charge in [-0.05, 0) is 0 Å². The third-order valence-electron chi connectivity index (χ3n) is 2.49. The number of fused-ring (bicyclic) bond motifs is 1. The van der Waals surface area contributed by atoms with Crippen LogP contribution in [0, 0.1) is 0 Å². The van der Waals surface area contributed by atoms with Crippen LogP contribution >= 0.6 is 11.6 Å². The van der Waals surface area contributed by atoms with Crippen molar-refractivity contribution in [3.8, 4) is 11.5 Å². The number of nitrogens with zero attached hydrogens (tertiary/aromatic N) is 1. The Hall–Kier alpha value is -1.88. The highest BCUT2D eigenvalue weighted by molar-refractivity contribution is 6.33. The second-order valence-corrected chi connectivity index (χ2v) is 4.02. The Bertz CT molecular complexity index is 528. The summed E-state index contributed by atoms with van der Waals surface area (Å²) in [6, 6.07) is 3.58. The van der Waals surface area contributed by atoms with E-state index in [-0.39, 0.29) is 6.79 Å². The molecule has 0 radical (unpaired) electrons. The molecule has 6 heteroatoms. The lowest BCUT2D eigenvalue weighted by Crippen LogP contribution is -2.00. The summed E-state index contributed by atoms with van der Waals surface area (Å²) in [5, 5.41) is 3.81. The first-order valence-electron chi connectivity index (χ1n) is 5.13. The molecule has 88 valence electrons. The lowest BCUT2D eigenvalue weighted by atomic mass is 10.2. The van der Waals surface area contributed by atoms with Crippen molar-refractivity contribution >= 4 is 17.3 Å². The lowest BCUT2D eigenvalue weighted by molar-refractivity contribution is 0.174. The van der Waals surface area contributed by atoms with Crippen LogP contribution in [-0.4, -0.2) is 16.8 Å². The minimum atomic E-state index is 0.246. The molecule has 1 aliphatic heterocycles. The van der Waals surface area contributed by atoms with Crippen LogP contribution in [0.5, 0.6) is 11.5 Å². The first-order valence-corrected chi connectivity index (χ1v) is 5.51. The zero-order chi connectivity index (χ0) is 11.7. The molecule has 0 amide bonds. The van der Waals surface area contributed by atoms with E-state index in [2.05, 4.69) is 15.3 Å². The maximum atomic E-state index is 6.12. The molecule has 1 aliphatic rings. The molecule has 2 N–H and O–H groups in total. The second kappa shape index (κ2) is 4.18. The van der Waals surface area contributed by atoms with E-state index in [0.29, 0.717) is 23.1 Å². The van der Waals surface area contributed by atoms with Gasteiger partial charge in [0.25, 0.3) is 0 Å². The number of halogens is 1. The summed E-state index contributed by atoms with van der Waals surface area (Å²) in [4.78, 5) is 6.95. The van der Waals surface area contributed by atoms with Crippen LogP contribution in [0.15, 0.2) is 24.7 Å². The number of imidazole rings is 1. The summed E-state index contributed by atoms with van der Waals surface area (Å²) in [6.45, 7) is 0.870. The van der Waals surface area contributed by atoms with Crippen LogP contribution < -0.4 is 14.8 Å². The summed E-state index contributed by atoms with van der Waals surface area (Å²) >= 11 is 6.12. The predicted octanol–water partition coefficient (Wildman–Crippen LogP) is 2.40. The molecule has 0 saturated carbocycles. The van der Waals surface area contributed by atoms with Gasteiger partial charge in [-0.1, -0.05) is 11.6 Å². The Morgan fingerprint density at radius 3 is 2.94 bits per heavy atom. The van der Waals surface area contributed by atoms with Crippen LogP contribution in [0.3, 0.4) is 0 Å². The van der Waals surface area contributed by atoms with Crippen LogP contribution in [0.25, 0.3) is 0 Å². The van der Waals surface area contributed by atoms with Crippen molar-refractivity contribution in [2.45, 2.75) is 6.54 Å². The van der Waals surface area contributed by atoms with E-state index < -0.39 is 0 Å². The van der Waals surface area contributed by atoms with Gasteiger partial charge in [0.15, 0.2) is 11.5 Å². The predicted molar refractivity (Wildman–Crippen MR) is 63.5 cm³/mol. The molecular formula is C11H10ClN3O2. The number of aromatic amines is 1. The van der Waals surface area contributed by atoms with Crippen molar-refractivity contribution in [3.63, 3.8) is 0 Å². The quantitative estimate of drug-likeness (QED) is 0.880. The number of benzene rings is 1. The van der Waals surface area contributed by atoms with Gasteiger partial charge in [0, 0.05) is 18.3 Å². The highest BCUT2D eigenvalue weighted by atomic mass is 35.5. The normalized spacial score (nSPS) is 12.8. The third kappa shape index (κ3) is 2.01. The van der Waals surface area contributed by atoms with E-state index in [1.807, 2.05) is 6.07 Å². The number of hydrogen-bond donors (Lipinski definition) is 2. The van der Waals surface area contributed by atoms with E-state index in [4.69, 9.17) is 21.1 Å². The zero-order valence-corrected chi connectivity index (χ0v) is 9.62. The van der Waals surface area contributed by atoms with E-state index >= 15 is 0 Å². The molecular weight excluding hydrogens is 242 g/mol. The summed E-state index contributed by atoms with van der Waals surface area (Å²) in [5.74, 6) is 1.39. The summed E-state index contributed by atoms with van der Waals surface area (Å²) in [7, 11) is 0. The maximum Gasteiger partial charge on any atom is 0.231 e. The summed E-state index contributed by atoms with van der Waals surface area (Å²) in [5.41, 5.74) is 1.80. The molecule has 3 rings (SSSR count). The fourth-order valence-electron chi connectivity index (χ4n) is 1.62. The van der Waals surface area contributed by atoms with Crippen LogP contribution in [0.4, 0.5) is 5.69 Å².